The largest absolute Gasteiger partial charge is 0.462 e. The summed E-state index contributed by atoms with van der Waals surface area (Å²) < 4.78 is 16.8. The van der Waals surface area contributed by atoms with Crippen molar-refractivity contribution < 1.29 is 8.81 Å². The molecule has 0 saturated carbocycles. The Bertz CT molecular complexity index is 190. The van der Waals surface area contributed by atoms with E-state index in [1.54, 1.807) is 0 Å². The van der Waals surface area contributed by atoms with Gasteiger partial charge >= 0.3 is 0 Å². The molecule has 0 aliphatic heterocycles. The number of hydrogen-bond donors (Lipinski definition) is 0. The quantitative estimate of drug-likeness (QED) is 0.542. The van der Waals surface area contributed by atoms with E-state index in [9.17, 15) is 4.39 Å². The van der Waals surface area contributed by atoms with Gasteiger partial charge in [0.15, 0.2) is 11.6 Å². The van der Waals surface area contributed by atoms with Gasteiger partial charge in [-0.25, -0.2) is 4.39 Å². The molecule has 1 heterocycles. The van der Waals surface area contributed by atoms with Crippen molar-refractivity contribution in [1.82, 2.24) is 0 Å². The molecule has 0 saturated heterocycles. The lowest BCUT2D eigenvalue weighted by molar-refractivity contribution is 0.522. The second-order valence-corrected chi connectivity index (χ2v) is 1.34. The maximum absolute atomic E-state index is 12.2. The molecule has 8 heavy (non-hydrogen) atoms. The molecule has 0 N–H and O–H groups in total. The van der Waals surface area contributed by atoms with Gasteiger partial charge in [0.1, 0.15) is 0 Å². The van der Waals surface area contributed by atoms with E-state index in [0.29, 0.717) is 0 Å². The van der Waals surface area contributed by atoms with E-state index in [-0.39, 0.29) is 11.6 Å². The summed E-state index contributed by atoms with van der Waals surface area (Å²) in [4.78, 5) is 0. The van der Waals surface area contributed by atoms with E-state index in [0.717, 1.165) is 0 Å². The lowest BCUT2D eigenvalue weighted by Gasteiger charge is -1.78. The van der Waals surface area contributed by atoms with Crippen molar-refractivity contribution in [2.75, 3.05) is 0 Å². The van der Waals surface area contributed by atoms with Crippen LogP contribution in [0.2, 0.25) is 0 Å². The summed E-state index contributed by atoms with van der Waals surface area (Å²) in [5.74, 6) is -0.162. The molecule has 2 heteroatoms. The van der Waals surface area contributed by atoms with E-state index in [2.05, 4.69) is 11.0 Å². The van der Waals surface area contributed by atoms with Crippen molar-refractivity contribution in [1.29, 1.82) is 0 Å². The van der Waals surface area contributed by atoms with Crippen molar-refractivity contribution >= 4 is 6.08 Å². The van der Waals surface area contributed by atoms with Crippen LogP contribution in [0.1, 0.15) is 5.76 Å². The molecule has 0 radical (unpaired) electrons. The van der Waals surface area contributed by atoms with Crippen LogP contribution in [0, 0.1) is 5.82 Å². The van der Waals surface area contributed by atoms with Gasteiger partial charge in [-0.2, -0.15) is 0 Å². The standard InChI is InChI=1S/C6H5FO/c1-2-6-5(7)3-4-8-6/h2-4H,1H2. The molecule has 1 rings (SSSR count). The summed E-state index contributed by atoms with van der Waals surface area (Å²) in [5, 5.41) is 0. The summed E-state index contributed by atoms with van der Waals surface area (Å²) >= 11 is 0. The van der Waals surface area contributed by atoms with Gasteiger partial charge in [0.25, 0.3) is 0 Å². The van der Waals surface area contributed by atoms with E-state index >= 15 is 0 Å². The van der Waals surface area contributed by atoms with E-state index in [1.807, 2.05) is 0 Å². The van der Waals surface area contributed by atoms with Gasteiger partial charge in [-0.1, -0.05) is 6.58 Å². The Labute approximate surface area is 46.4 Å². The van der Waals surface area contributed by atoms with Crippen molar-refractivity contribution in [3.05, 3.63) is 30.5 Å². The monoisotopic (exact) mass is 112 g/mol. The highest BCUT2D eigenvalue weighted by Crippen LogP contribution is 2.07. The van der Waals surface area contributed by atoms with Crippen molar-refractivity contribution in [2.24, 2.45) is 0 Å². The van der Waals surface area contributed by atoms with Crippen LogP contribution in [0.5, 0.6) is 0 Å². The first-order valence-corrected chi connectivity index (χ1v) is 2.20. The van der Waals surface area contributed by atoms with E-state index in [4.69, 9.17) is 0 Å². The molecule has 1 nitrogen and oxygen atoms in total. The van der Waals surface area contributed by atoms with Crippen LogP contribution < -0.4 is 0 Å². The molecular weight excluding hydrogens is 107 g/mol. The fraction of sp³-hybridized carbons (Fsp3) is 0. The van der Waals surface area contributed by atoms with Gasteiger partial charge in [0.05, 0.1) is 6.26 Å². The molecule has 1 aromatic rings. The SMILES string of the molecule is C=Cc1occc1F. The maximum Gasteiger partial charge on any atom is 0.168 e. The fourth-order valence-corrected chi connectivity index (χ4v) is 0.451. The van der Waals surface area contributed by atoms with Crippen LogP contribution in [0.4, 0.5) is 4.39 Å². The average Bonchev–Trinajstić information content (AvgIpc) is 2.14. The summed E-state index contributed by atoms with van der Waals surface area (Å²) in [5.41, 5.74) is 0. The third kappa shape index (κ3) is 0.644. The van der Waals surface area contributed by atoms with E-state index < -0.39 is 0 Å². The first-order valence-electron chi connectivity index (χ1n) is 2.20. The zero-order chi connectivity index (χ0) is 5.98. The molecule has 0 spiro atoms. The van der Waals surface area contributed by atoms with Gasteiger partial charge in [-0.3, -0.25) is 0 Å². The maximum atomic E-state index is 12.2. The lowest BCUT2D eigenvalue weighted by atomic mass is 10.4. The smallest absolute Gasteiger partial charge is 0.168 e. The number of halogens is 1. The number of rotatable bonds is 1. The number of furan rings is 1. The van der Waals surface area contributed by atoms with Gasteiger partial charge in [0.2, 0.25) is 0 Å². The minimum Gasteiger partial charge on any atom is -0.462 e. The Morgan fingerprint density at radius 2 is 2.50 bits per heavy atom. The summed E-state index contributed by atoms with van der Waals surface area (Å²) in [6.07, 6.45) is 2.61. The second kappa shape index (κ2) is 1.82. The minimum absolute atomic E-state index is 0.199. The third-order valence-corrected chi connectivity index (χ3v) is 0.830. The van der Waals surface area contributed by atoms with Crippen LogP contribution in [-0.2, 0) is 0 Å². The Balaban J connectivity index is 3.09. The predicted molar refractivity (Wildman–Crippen MR) is 28.8 cm³/mol. The van der Waals surface area contributed by atoms with Gasteiger partial charge < -0.3 is 4.42 Å². The first-order chi connectivity index (χ1) is 3.84. The van der Waals surface area contributed by atoms with Gasteiger partial charge in [-0.15, -0.1) is 0 Å². The molecule has 1 aromatic heterocycles. The van der Waals surface area contributed by atoms with Gasteiger partial charge in [-0.05, 0) is 6.08 Å². The van der Waals surface area contributed by atoms with Crippen LogP contribution in [0.25, 0.3) is 6.08 Å². The molecule has 0 amide bonds. The topological polar surface area (TPSA) is 13.1 Å². The molecular formula is C6H5FO. The molecule has 42 valence electrons. The van der Waals surface area contributed by atoms with Crippen LogP contribution in [0.3, 0.4) is 0 Å². The van der Waals surface area contributed by atoms with E-state index in [1.165, 1.54) is 18.4 Å². The molecule has 0 aliphatic rings. The third-order valence-electron chi connectivity index (χ3n) is 0.830. The Morgan fingerprint density at radius 1 is 1.75 bits per heavy atom. The second-order valence-electron chi connectivity index (χ2n) is 1.34. The van der Waals surface area contributed by atoms with Crippen LogP contribution in [0.15, 0.2) is 23.3 Å². The average molecular weight is 112 g/mol. The van der Waals surface area contributed by atoms with Crippen molar-refractivity contribution in [3.8, 4) is 0 Å². The first kappa shape index (κ1) is 5.09. The highest BCUT2D eigenvalue weighted by molar-refractivity contribution is 5.39. The minimum atomic E-state index is -0.361. The summed E-state index contributed by atoms with van der Waals surface area (Å²) in [7, 11) is 0. The molecule has 0 bridgehead atoms. The Kier molecular flexibility index (Phi) is 1.16. The highest BCUT2D eigenvalue weighted by atomic mass is 19.1. The summed E-state index contributed by atoms with van der Waals surface area (Å²) in [6.45, 7) is 3.33. The Morgan fingerprint density at radius 3 is 2.75 bits per heavy atom. The molecule has 0 aromatic carbocycles. The van der Waals surface area contributed by atoms with Crippen molar-refractivity contribution in [2.45, 2.75) is 0 Å². The lowest BCUT2D eigenvalue weighted by Crippen LogP contribution is -1.66. The van der Waals surface area contributed by atoms with Crippen molar-refractivity contribution in [3.63, 3.8) is 0 Å². The predicted octanol–water partition coefficient (Wildman–Crippen LogP) is 2.06. The number of hydrogen-bond acceptors (Lipinski definition) is 1. The molecule has 0 aliphatic carbocycles. The Hall–Kier alpha value is -1.05. The zero-order valence-corrected chi connectivity index (χ0v) is 4.23. The highest BCUT2D eigenvalue weighted by Gasteiger charge is 1.96. The van der Waals surface area contributed by atoms with Crippen LogP contribution in [-0.4, -0.2) is 0 Å². The van der Waals surface area contributed by atoms with Gasteiger partial charge in [0, 0.05) is 6.07 Å². The van der Waals surface area contributed by atoms with Crippen LogP contribution >= 0.6 is 0 Å². The normalized spacial score (nSPS) is 9.12. The fourth-order valence-electron chi connectivity index (χ4n) is 0.451. The summed E-state index contributed by atoms with van der Waals surface area (Å²) in [6, 6.07) is 1.25. The molecule has 0 unspecified atom stereocenters. The molecule has 0 fully saturated rings. The molecule has 0 atom stereocenters. The zero-order valence-electron chi connectivity index (χ0n) is 4.23.